The van der Waals surface area contributed by atoms with E-state index in [-0.39, 0.29) is 0 Å². The van der Waals surface area contributed by atoms with E-state index in [0.717, 1.165) is 33.2 Å². The molecule has 0 aliphatic rings. The molecule has 0 saturated heterocycles. The van der Waals surface area contributed by atoms with Crippen molar-refractivity contribution in [1.29, 1.82) is 0 Å². The molecule has 3 rings (SSSR count). The molecule has 0 atom stereocenters. The normalized spacial score (nSPS) is 11.3. The largest absolute Gasteiger partial charge is 0.246 e. The summed E-state index contributed by atoms with van der Waals surface area (Å²) in [5.74, 6) is 0.743. The zero-order valence-corrected chi connectivity index (χ0v) is 13.0. The van der Waals surface area contributed by atoms with Crippen molar-refractivity contribution in [1.82, 2.24) is 15.0 Å². The molecule has 3 heterocycles. The van der Waals surface area contributed by atoms with Gasteiger partial charge < -0.3 is 0 Å². The highest BCUT2D eigenvalue weighted by molar-refractivity contribution is 7.18. The smallest absolute Gasteiger partial charge is 0.141 e. The summed E-state index contributed by atoms with van der Waals surface area (Å²) >= 11 is 9.57. The van der Waals surface area contributed by atoms with Gasteiger partial charge in [-0.1, -0.05) is 18.5 Å². The summed E-state index contributed by atoms with van der Waals surface area (Å²) in [6.07, 6.45) is 1.64. The van der Waals surface area contributed by atoms with Crippen LogP contribution in [0.1, 0.15) is 28.3 Å². The molecule has 0 unspecified atom stereocenters. The number of rotatable bonds is 3. The summed E-state index contributed by atoms with van der Waals surface area (Å²) in [5, 5.41) is 4.61. The number of thiazole rings is 1. The third kappa shape index (κ3) is 2.63. The summed E-state index contributed by atoms with van der Waals surface area (Å²) in [7, 11) is 0. The molecule has 0 fully saturated rings. The lowest BCUT2D eigenvalue weighted by Gasteiger charge is -1.99. The van der Waals surface area contributed by atoms with Gasteiger partial charge in [0.25, 0.3) is 0 Å². The molecule has 19 heavy (non-hydrogen) atoms. The molecule has 0 saturated carbocycles. The number of aryl methyl sites for hydroxylation is 2. The van der Waals surface area contributed by atoms with Gasteiger partial charge in [-0.2, -0.15) is 0 Å². The second-order valence-corrected chi connectivity index (χ2v) is 6.79. The molecular weight excluding hydrogens is 298 g/mol. The summed E-state index contributed by atoms with van der Waals surface area (Å²) in [6.45, 7) is 4.13. The highest BCUT2D eigenvalue weighted by Gasteiger charge is 2.11. The van der Waals surface area contributed by atoms with Crippen LogP contribution in [0.3, 0.4) is 0 Å². The molecule has 3 aromatic heterocycles. The molecule has 0 aromatic carbocycles. The Hall–Kier alpha value is -1.04. The number of thiophene rings is 1. The molecule has 3 nitrogen and oxygen atoms in total. The van der Waals surface area contributed by atoms with E-state index in [9.17, 15) is 0 Å². The Balaban J connectivity index is 2.00. The highest BCUT2D eigenvalue weighted by Crippen LogP contribution is 2.29. The number of hydrogen-bond donors (Lipinski definition) is 0. The van der Waals surface area contributed by atoms with Crippen LogP contribution in [0.25, 0.3) is 10.2 Å². The Morgan fingerprint density at radius 3 is 2.79 bits per heavy atom. The minimum atomic E-state index is 0.544. The van der Waals surface area contributed by atoms with Gasteiger partial charge in [0.05, 0.1) is 17.1 Å². The number of aromatic nitrogens is 3. The van der Waals surface area contributed by atoms with Gasteiger partial charge in [0.1, 0.15) is 15.8 Å². The predicted octanol–water partition coefficient (Wildman–Crippen LogP) is 4.26. The fourth-order valence-electron chi connectivity index (χ4n) is 1.88. The zero-order chi connectivity index (χ0) is 13.4. The van der Waals surface area contributed by atoms with Crippen molar-refractivity contribution in [2.45, 2.75) is 26.7 Å². The number of hydrogen-bond acceptors (Lipinski definition) is 5. The van der Waals surface area contributed by atoms with Gasteiger partial charge in [-0.15, -0.1) is 22.7 Å². The van der Waals surface area contributed by atoms with Crippen LogP contribution >= 0.6 is 34.3 Å². The lowest BCUT2D eigenvalue weighted by atomic mass is 10.3. The van der Waals surface area contributed by atoms with Gasteiger partial charge in [-0.25, -0.2) is 15.0 Å². The van der Waals surface area contributed by atoms with Gasteiger partial charge >= 0.3 is 0 Å². The first kappa shape index (κ1) is 13.0. The Morgan fingerprint density at radius 1 is 1.26 bits per heavy atom. The van der Waals surface area contributed by atoms with Crippen LogP contribution in [0.4, 0.5) is 0 Å². The van der Waals surface area contributed by atoms with Gasteiger partial charge in [0.15, 0.2) is 0 Å². The van der Waals surface area contributed by atoms with Crippen LogP contribution in [0.5, 0.6) is 0 Å². The second-order valence-electron chi connectivity index (χ2n) is 4.25. The molecule has 0 amide bonds. The minimum absolute atomic E-state index is 0.544. The fraction of sp³-hybridized carbons (Fsp3) is 0.308. The van der Waals surface area contributed by atoms with Crippen molar-refractivity contribution in [3.05, 3.63) is 38.0 Å². The lowest BCUT2D eigenvalue weighted by molar-refractivity contribution is 0.962. The maximum Gasteiger partial charge on any atom is 0.141 e. The third-order valence-electron chi connectivity index (χ3n) is 2.80. The van der Waals surface area contributed by atoms with E-state index in [1.807, 2.05) is 12.3 Å². The molecule has 0 radical (unpaired) electrons. The van der Waals surface area contributed by atoms with E-state index in [1.165, 1.54) is 4.88 Å². The maximum atomic E-state index is 6.24. The van der Waals surface area contributed by atoms with Crippen molar-refractivity contribution in [3.8, 4) is 0 Å². The Bertz CT molecular complexity index is 733. The van der Waals surface area contributed by atoms with Crippen molar-refractivity contribution in [2.75, 3.05) is 0 Å². The monoisotopic (exact) mass is 309 g/mol. The third-order valence-corrected chi connectivity index (χ3v) is 5.08. The Morgan fingerprint density at radius 2 is 2.11 bits per heavy atom. The topological polar surface area (TPSA) is 38.7 Å². The number of nitrogens with zero attached hydrogens (tertiary/aromatic N) is 3. The first-order chi connectivity index (χ1) is 9.15. The molecule has 0 bridgehead atoms. The van der Waals surface area contributed by atoms with E-state index in [1.54, 1.807) is 22.7 Å². The molecule has 3 aromatic rings. The van der Waals surface area contributed by atoms with Gasteiger partial charge in [-0.3, -0.25) is 0 Å². The van der Waals surface area contributed by atoms with Gasteiger partial charge in [-0.05, 0) is 19.4 Å². The number of halogens is 1. The van der Waals surface area contributed by atoms with E-state index in [0.29, 0.717) is 11.6 Å². The van der Waals surface area contributed by atoms with Crippen molar-refractivity contribution in [2.24, 2.45) is 0 Å². The average molecular weight is 310 g/mol. The van der Waals surface area contributed by atoms with Crippen LogP contribution in [0.2, 0.25) is 5.15 Å². The quantitative estimate of drug-likeness (QED) is 0.678. The Labute approximate surface area is 124 Å². The summed E-state index contributed by atoms with van der Waals surface area (Å²) in [4.78, 5) is 15.7. The SMILES string of the molecule is CCc1cc2c(Cl)nc(Cc3csc(C)n3)nc2s1. The molecule has 6 heteroatoms. The van der Waals surface area contributed by atoms with Crippen LogP contribution in [0.15, 0.2) is 11.4 Å². The maximum absolute atomic E-state index is 6.24. The predicted molar refractivity (Wildman–Crippen MR) is 81.5 cm³/mol. The molecule has 0 aliphatic heterocycles. The summed E-state index contributed by atoms with van der Waals surface area (Å²) in [6, 6.07) is 2.08. The highest BCUT2D eigenvalue weighted by atomic mass is 35.5. The second kappa shape index (κ2) is 5.15. The Kier molecular flexibility index (Phi) is 3.52. The molecule has 0 aliphatic carbocycles. The first-order valence-electron chi connectivity index (χ1n) is 6.01. The van der Waals surface area contributed by atoms with Crippen LogP contribution in [-0.4, -0.2) is 15.0 Å². The summed E-state index contributed by atoms with van der Waals surface area (Å²) < 4.78 is 0. The standard InChI is InChI=1S/C13H12ClN3S2/c1-3-9-5-10-12(14)16-11(17-13(10)19-9)4-8-6-18-7(2)15-8/h5-6H,3-4H2,1-2H3. The molecular formula is C13H12ClN3S2. The van der Waals surface area contributed by atoms with E-state index < -0.39 is 0 Å². The molecule has 0 spiro atoms. The van der Waals surface area contributed by atoms with E-state index in [4.69, 9.17) is 11.6 Å². The zero-order valence-electron chi connectivity index (χ0n) is 10.6. The fourth-order valence-corrected chi connectivity index (χ4v) is 3.78. The lowest BCUT2D eigenvalue weighted by Crippen LogP contribution is -1.97. The van der Waals surface area contributed by atoms with E-state index >= 15 is 0 Å². The van der Waals surface area contributed by atoms with Crippen molar-refractivity contribution < 1.29 is 0 Å². The minimum Gasteiger partial charge on any atom is -0.246 e. The van der Waals surface area contributed by atoms with E-state index in [2.05, 4.69) is 27.9 Å². The number of fused-ring (bicyclic) bond motifs is 1. The first-order valence-corrected chi connectivity index (χ1v) is 8.09. The summed E-state index contributed by atoms with van der Waals surface area (Å²) in [5.41, 5.74) is 1.00. The van der Waals surface area contributed by atoms with Gasteiger partial charge in [0.2, 0.25) is 0 Å². The van der Waals surface area contributed by atoms with Crippen LogP contribution in [-0.2, 0) is 12.8 Å². The average Bonchev–Trinajstić information content (AvgIpc) is 2.96. The molecule has 98 valence electrons. The van der Waals surface area contributed by atoms with Crippen LogP contribution < -0.4 is 0 Å². The van der Waals surface area contributed by atoms with Crippen LogP contribution in [0, 0.1) is 6.92 Å². The molecule has 0 N–H and O–H groups in total. The van der Waals surface area contributed by atoms with Gasteiger partial charge in [0, 0.05) is 15.6 Å². The van der Waals surface area contributed by atoms with Crippen molar-refractivity contribution in [3.63, 3.8) is 0 Å². The van der Waals surface area contributed by atoms with Crippen molar-refractivity contribution >= 4 is 44.5 Å².